The van der Waals surface area contributed by atoms with Crippen LogP contribution in [0.1, 0.15) is 11.7 Å². The Balaban J connectivity index is 2.12. The van der Waals surface area contributed by atoms with Crippen molar-refractivity contribution in [1.29, 1.82) is 0 Å². The lowest BCUT2D eigenvalue weighted by molar-refractivity contribution is -0.123. The zero-order valence-corrected chi connectivity index (χ0v) is 12.5. The quantitative estimate of drug-likeness (QED) is 0.868. The Hall–Kier alpha value is -0.880. The molecule has 0 radical (unpaired) electrons. The third-order valence-corrected chi connectivity index (χ3v) is 3.80. The van der Waals surface area contributed by atoms with Crippen molar-refractivity contribution in [2.45, 2.75) is 6.10 Å². The summed E-state index contributed by atoms with van der Waals surface area (Å²) in [5.41, 5.74) is 0.551. The molecule has 1 atom stereocenters. The third kappa shape index (κ3) is 3.61. The zero-order valence-electron chi connectivity index (χ0n) is 11.0. The molecule has 1 amide bonds. The number of nitrogens with zero attached hydrogens (tertiary/aromatic N) is 1. The van der Waals surface area contributed by atoms with Gasteiger partial charge >= 0.3 is 0 Å². The molecule has 1 aliphatic heterocycles. The molecule has 1 aromatic rings. The number of morpholine rings is 1. The minimum absolute atomic E-state index is 0.0169. The lowest BCUT2D eigenvalue weighted by Gasteiger charge is -2.33. The Bertz CT molecular complexity index is 513. The van der Waals surface area contributed by atoms with E-state index in [2.05, 4.69) is 5.32 Å². The zero-order chi connectivity index (χ0) is 14.7. The highest BCUT2D eigenvalue weighted by Gasteiger charge is 2.25. The van der Waals surface area contributed by atoms with E-state index >= 15 is 0 Å². The van der Waals surface area contributed by atoms with Crippen molar-refractivity contribution in [1.82, 2.24) is 10.2 Å². The normalized spacial score (nSPS) is 19.9. The van der Waals surface area contributed by atoms with E-state index in [1.165, 1.54) is 12.1 Å². The van der Waals surface area contributed by atoms with Crippen molar-refractivity contribution in [2.75, 3.05) is 33.3 Å². The summed E-state index contributed by atoms with van der Waals surface area (Å²) in [6, 6.07) is 2.66. The van der Waals surface area contributed by atoms with Crippen LogP contribution in [0.25, 0.3) is 0 Å². The number of carbonyl (C=O) groups excluding carboxylic acids is 1. The van der Waals surface area contributed by atoms with E-state index in [4.69, 9.17) is 27.9 Å². The van der Waals surface area contributed by atoms with Crippen LogP contribution in [0.5, 0.6) is 0 Å². The summed E-state index contributed by atoms with van der Waals surface area (Å²) in [7, 11) is 1.59. The van der Waals surface area contributed by atoms with Gasteiger partial charge in [0.2, 0.25) is 5.91 Å². The summed E-state index contributed by atoms with van der Waals surface area (Å²) in [4.78, 5) is 13.3. The highest BCUT2D eigenvalue weighted by molar-refractivity contribution is 6.35. The average Bonchev–Trinajstić information content (AvgIpc) is 2.43. The second-order valence-electron chi connectivity index (χ2n) is 4.56. The summed E-state index contributed by atoms with van der Waals surface area (Å²) in [5.74, 6) is -0.600. The molecule has 2 rings (SSSR count). The second-order valence-corrected chi connectivity index (χ2v) is 5.37. The van der Waals surface area contributed by atoms with Crippen LogP contribution < -0.4 is 5.32 Å². The van der Waals surface area contributed by atoms with Gasteiger partial charge in [-0.05, 0) is 12.1 Å². The van der Waals surface area contributed by atoms with Gasteiger partial charge in [0.15, 0.2) is 0 Å². The number of carbonyl (C=O) groups is 1. The van der Waals surface area contributed by atoms with Gasteiger partial charge in [0.1, 0.15) is 5.82 Å². The fraction of sp³-hybridized carbons (Fsp3) is 0.462. The first-order chi connectivity index (χ1) is 9.51. The SMILES string of the molecule is CNC(=O)CN1CCOC(c2cc(F)c(Cl)cc2Cl)C1. The number of likely N-dealkylation sites (N-methyl/N-ethyl adjacent to an activating group) is 1. The molecule has 110 valence electrons. The molecule has 20 heavy (non-hydrogen) atoms. The Morgan fingerprint density at radius 1 is 1.50 bits per heavy atom. The highest BCUT2D eigenvalue weighted by Crippen LogP contribution is 2.32. The van der Waals surface area contributed by atoms with Crippen LogP contribution in [0.15, 0.2) is 12.1 Å². The van der Waals surface area contributed by atoms with E-state index in [1.54, 1.807) is 7.05 Å². The van der Waals surface area contributed by atoms with Crippen molar-refractivity contribution < 1.29 is 13.9 Å². The molecule has 1 saturated heterocycles. The van der Waals surface area contributed by atoms with Crippen molar-refractivity contribution in [2.24, 2.45) is 0 Å². The molecule has 1 heterocycles. The van der Waals surface area contributed by atoms with Crippen LogP contribution >= 0.6 is 23.2 Å². The molecule has 0 spiro atoms. The molecule has 4 nitrogen and oxygen atoms in total. The Kier molecular flexibility index (Phi) is 5.21. The summed E-state index contributed by atoms with van der Waals surface area (Å²) >= 11 is 11.8. The summed E-state index contributed by atoms with van der Waals surface area (Å²) in [5, 5.41) is 2.92. The molecule has 0 aliphatic carbocycles. The number of hydrogen-bond donors (Lipinski definition) is 1. The molecule has 7 heteroatoms. The summed E-state index contributed by atoms with van der Waals surface area (Å²) in [6.45, 7) is 1.87. The van der Waals surface area contributed by atoms with Crippen LogP contribution in [0, 0.1) is 5.82 Å². The first kappa shape index (κ1) is 15.5. The maximum absolute atomic E-state index is 13.6. The molecule has 0 bridgehead atoms. The van der Waals surface area contributed by atoms with Crippen LogP contribution in [0.3, 0.4) is 0 Å². The van der Waals surface area contributed by atoms with E-state index in [9.17, 15) is 9.18 Å². The van der Waals surface area contributed by atoms with Gasteiger partial charge in [0, 0.05) is 30.7 Å². The molecule has 0 saturated carbocycles. The summed E-state index contributed by atoms with van der Waals surface area (Å²) < 4.78 is 19.2. The number of ether oxygens (including phenoxy) is 1. The van der Waals surface area contributed by atoms with Gasteiger partial charge in [-0.25, -0.2) is 4.39 Å². The van der Waals surface area contributed by atoms with Gasteiger partial charge in [0.05, 0.1) is 24.3 Å². The fourth-order valence-corrected chi connectivity index (χ4v) is 2.61. The van der Waals surface area contributed by atoms with Crippen LogP contribution in [-0.4, -0.2) is 44.1 Å². The lowest BCUT2D eigenvalue weighted by Crippen LogP contribution is -2.43. The van der Waals surface area contributed by atoms with E-state index in [-0.39, 0.29) is 23.6 Å². The van der Waals surface area contributed by atoms with E-state index in [1.807, 2.05) is 4.90 Å². The van der Waals surface area contributed by atoms with Gasteiger partial charge in [-0.1, -0.05) is 23.2 Å². The maximum Gasteiger partial charge on any atom is 0.233 e. The molecule has 1 aromatic carbocycles. The van der Waals surface area contributed by atoms with Crippen LogP contribution in [-0.2, 0) is 9.53 Å². The molecule has 0 aromatic heterocycles. The molecular weight excluding hydrogens is 306 g/mol. The van der Waals surface area contributed by atoms with Crippen molar-refractivity contribution in [3.05, 3.63) is 33.6 Å². The van der Waals surface area contributed by atoms with Crippen molar-refractivity contribution >= 4 is 29.1 Å². The molecule has 1 fully saturated rings. The minimum atomic E-state index is -0.530. The van der Waals surface area contributed by atoms with Gasteiger partial charge in [-0.2, -0.15) is 0 Å². The number of halogens is 3. The third-order valence-electron chi connectivity index (χ3n) is 3.18. The van der Waals surface area contributed by atoms with E-state index < -0.39 is 5.82 Å². The summed E-state index contributed by atoms with van der Waals surface area (Å²) in [6.07, 6.45) is -0.368. The molecule has 1 aliphatic rings. The molecule has 1 N–H and O–H groups in total. The number of benzene rings is 1. The average molecular weight is 321 g/mol. The first-order valence-corrected chi connectivity index (χ1v) is 6.96. The van der Waals surface area contributed by atoms with Gasteiger partial charge in [0.25, 0.3) is 0 Å². The maximum atomic E-state index is 13.6. The molecule has 1 unspecified atom stereocenters. The number of rotatable bonds is 3. The topological polar surface area (TPSA) is 41.6 Å². The van der Waals surface area contributed by atoms with E-state index in [0.29, 0.717) is 30.3 Å². The highest BCUT2D eigenvalue weighted by atomic mass is 35.5. The number of hydrogen-bond acceptors (Lipinski definition) is 3. The monoisotopic (exact) mass is 320 g/mol. The standard InChI is InChI=1S/C13H15Cl2FN2O2/c1-17-13(19)7-18-2-3-20-12(6-18)8-4-11(16)10(15)5-9(8)14/h4-5,12H,2-3,6-7H2,1H3,(H,17,19). The number of amides is 1. The number of nitrogens with one attached hydrogen (secondary N) is 1. The van der Waals surface area contributed by atoms with Gasteiger partial charge in [-0.3, -0.25) is 9.69 Å². The fourth-order valence-electron chi connectivity index (χ4n) is 2.10. The first-order valence-electron chi connectivity index (χ1n) is 6.20. The van der Waals surface area contributed by atoms with Gasteiger partial charge in [-0.15, -0.1) is 0 Å². The Labute approximate surface area is 126 Å². The van der Waals surface area contributed by atoms with Crippen LogP contribution in [0.2, 0.25) is 10.0 Å². The largest absolute Gasteiger partial charge is 0.371 e. The lowest BCUT2D eigenvalue weighted by atomic mass is 10.1. The van der Waals surface area contributed by atoms with Crippen LogP contribution in [0.4, 0.5) is 4.39 Å². The Morgan fingerprint density at radius 2 is 2.25 bits per heavy atom. The van der Waals surface area contributed by atoms with Crippen molar-refractivity contribution in [3.8, 4) is 0 Å². The second kappa shape index (κ2) is 6.72. The van der Waals surface area contributed by atoms with Crippen molar-refractivity contribution in [3.63, 3.8) is 0 Å². The predicted molar refractivity (Wildman–Crippen MR) is 75.6 cm³/mol. The predicted octanol–water partition coefficient (Wildman–Crippen LogP) is 2.25. The van der Waals surface area contributed by atoms with E-state index in [0.717, 1.165) is 0 Å². The molecular formula is C13H15Cl2FN2O2. The minimum Gasteiger partial charge on any atom is -0.371 e. The smallest absolute Gasteiger partial charge is 0.233 e. The Morgan fingerprint density at radius 3 is 2.95 bits per heavy atom. The van der Waals surface area contributed by atoms with Gasteiger partial charge < -0.3 is 10.1 Å².